The molecule has 0 aromatic carbocycles. The molecule has 3 heteroatoms. The zero-order valence-electron chi connectivity index (χ0n) is 9.37. The lowest BCUT2D eigenvalue weighted by atomic mass is 9.65. The minimum absolute atomic E-state index is 0.391. The van der Waals surface area contributed by atoms with Crippen LogP contribution in [0.2, 0.25) is 0 Å². The van der Waals surface area contributed by atoms with Gasteiger partial charge in [0.05, 0.1) is 13.1 Å². The normalized spacial score (nSPS) is 26.7. The van der Waals surface area contributed by atoms with Crippen LogP contribution in [0.4, 0.5) is 0 Å². The van der Waals surface area contributed by atoms with Crippen LogP contribution < -0.4 is 5.32 Å². The van der Waals surface area contributed by atoms with E-state index in [4.69, 9.17) is 5.11 Å². The third kappa shape index (κ3) is 2.71. The van der Waals surface area contributed by atoms with Crippen molar-refractivity contribution in [2.45, 2.75) is 44.9 Å². The van der Waals surface area contributed by atoms with E-state index >= 15 is 0 Å². The number of carboxylic acid groups (broad SMARTS) is 1. The SMILES string of the molecule is O=C(O)CC1CCC2(CC[NH2+]CC2)CC1. The number of carboxylic acids is 1. The van der Waals surface area contributed by atoms with Crippen LogP contribution in [0.1, 0.15) is 44.9 Å². The zero-order valence-corrected chi connectivity index (χ0v) is 9.37. The zero-order chi connectivity index (χ0) is 10.7. The molecule has 86 valence electrons. The van der Waals surface area contributed by atoms with Crippen LogP contribution in [0.15, 0.2) is 0 Å². The highest BCUT2D eigenvalue weighted by Crippen LogP contribution is 2.44. The van der Waals surface area contributed by atoms with E-state index in [1.54, 1.807) is 0 Å². The summed E-state index contributed by atoms with van der Waals surface area (Å²) >= 11 is 0. The van der Waals surface area contributed by atoms with E-state index < -0.39 is 5.97 Å². The van der Waals surface area contributed by atoms with Crippen LogP contribution in [0.25, 0.3) is 0 Å². The molecule has 1 spiro atoms. The summed E-state index contributed by atoms with van der Waals surface area (Å²) in [7, 11) is 0. The average molecular weight is 212 g/mol. The van der Waals surface area contributed by atoms with Crippen molar-refractivity contribution < 1.29 is 15.2 Å². The number of quaternary nitrogens is 1. The van der Waals surface area contributed by atoms with Crippen LogP contribution in [0, 0.1) is 11.3 Å². The highest BCUT2D eigenvalue weighted by molar-refractivity contribution is 5.67. The van der Waals surface area contributed by atoms with E-state index in [2.05, 4.69) is 5.32 Å². The molecule has 3 N–H and O–H groups in total. The van der Waals surface area contributed by atoms with Crippen LogP contribution in [-0.4, -0.2) is 24.2 Å². The fourth-order valence-electron chi connectivity index (χ4n) is 3.33. The molecule has 0 aromatic heterocycles. The van der Waals surface area contributed by atoms with E-state index in [1.807, 2.05) is 0 Å². The number of carbonyl (C=O) groups is 1. The first-order valence-corrected chi connectivity index (χ1v) is 6.24. The molecule has 1 saturated heterocycles. The monoisotopic (exact) mass is 212 g/mol. The molecule has 0 unspecified atom stereocenters. The van der Waals surface area contributed by atoms with Crippen molar-refractivity contribution in [3.05, 3.63) is 0 Å². The van der Waals surface area contributed by atoms with Gasteiger partial charge in [0, 0.05) is 19.3 Å². The quantitative estimate of drug-likeness (QED) is 0.717. The Bertz CT molecular complexity index is 224. The fraction of sp³-hybridized carbons (Fsp3) is 0.917. The van der Waals surface area contributed by atoms with E-state index in [0.29, 0.717) is 17.8 Å². The molecule has 1 heterocycles. The van der Waals surface area contributed by atoms with Gasteiger partial charge in [0.15, 0.2) is 0 Å². The Balaban J connectivity index is 1.82. The maximum absolute atomic E-state index is 10.6. The van der Waals surface area contributed by atoms with Gasteiger partial charge < -0.3 is 10.4 Å². The summed E-state index contributed by atoms with van der Waals surface area (Å²) in [6, 6.07) is 0. The first-order chi connectivity index (χ1) is 7.20. The van der Waals surface area contributed by atoms with Gasteiger partial charge in [-0.1, -0.05) is 0 Å². The number of piperidine rings is 1. The highest BCUT2D eigenvalue weighted by Gasteiger charge is 2.37. The van der Waals surface area contributed by atoms with Gasteiger partial charge in [0.1, 0.15) is 0 Å². The molecule has 0 radical (unpaired) electrons. The molecule has 1 aliphatic heterocycles. The first kappa shape index (κ1) is 10.9. The van der Waals surface area contributed by atoms with Gasteiger partial charge in [0.25, 0.3) is 0 Å². The third-order valence-corrected chi connectivity index (χ3v) is 4.39. The second kappa shape index (κ2) is 4.52. The minimum atomic E-state index is -0.618. The van der Waals surface area contributed by atoms with Crippen LogP contribution >= 0.6 is 0 Å². The summed E-state index contributed by atoms with van der Waals surface area (Å²) in [6.07, 6.45) is 7.94. The smallest absolute Gasteiger partial charge is 0.303 e. The van der Waals surface area contributed by atoms with Crippen molar-refractivity contribution in [3.63, 3.8) is 0 Å². The van der Waals surface area contributed by atoms with Gasteiger partial charge in [-0.3, -0.25) is 4.79 Å². The number of aliphatic carboxylic acids is 1. The summed E-state index contributed by atoms with van der Waals surface area (Å²) in [5.74, 6) is -0.160. The van der Waals surface area contributed by atoms with Crippen LogP contribution in [-0.2, 0) is 4.79 Å². The van der Waals surface area contributed by atoms with Crippen molar-refractivity contribution in [3.8, 4) is 0 Å². The van der Waals surface area contributed by atoms with Gasteiger partial charge in [-0.25, -0.2) is 0 Å². The molecule has 0 aromatic rings. The van der Waals surface area contributed by atoms with Crippen LogP contribution in [0.5, 0.6) is 0 Å². The number of nitrogens with two attached hydrogens (primary N) is 1. The van der Waals surface area contributed by atoms with Gasteiger partial charge in [-0.15, -0.1) is 0 Å². The largest absolute Gasteiger partial charge is 0.481 e. The molecule has 0 amide bonds. The topological polar surface area (TPSA) is 53.9 Å². The Morgan fingerprint density at radius 2 is 1.80 bits per heavy atom. The number of rotatable bonds is 2. The Morgan fingerprint density at radius 3 is 2.33 bits per heavy atom. The summed E-state index contributed by atoms with van der Waals surface area (Å²) < 4.78 is 0. The van der Waals surface area contributed by atoms with Crippen molar-refractivity contribution >= 4 is 5.97 Å². The Labute approximate surface area is 91.2 Å². The van der Waals surface area contributed by atoms with Crippen molar-refractivity contribution in [1.29, 1.82) is 0 Å². The van der Waals surface area contributed by atoms with E-state index in [0.717, 1.165) is 12.8 Å². The molecule has 0 atom stereocenters. The summed E-state index contributed by atoms with van der Waals surface area (Å²) in [5.41, 5.74) is 0.601. The predicted octanol–water partition coefficient (Wildman–Crippen LogP) is 0.995. The second-order valence-electron chi connectivity index (χ2n) is 5.41. The number of hydrogen-bond donors (Lipinski definition) is 2. The maximum Gasteiger partial charge on any atom is 0.303 e. The maximum atomic E-state index is 10.6. The molecule has 1 saturated carbocycles. The predicted molar refractivity (Wildman–Crippen MR) is 57.5 cm³/mol. The van der Waals surface area contributed by atoms with Crippen molar-refractivity contribution in [2.24, 2.45) is 11.3 Å². The molecule has 1 aliphatic carbocycles. The third-order valence-electron chi connectivity index (χ3n) is 4.39. The number of hydrogen-bond acceptors (Lipinski definition) is 1. The molecule has 0 bridgehead atoms. The van der Waals surface area contributed by atoms with Crippen molar-refractivity contribution in [1.82, 2.24) is 0 Å². The minimum Gasteiger partial charge on any atom is -0.481 e. The molecular formula is C12H22NO2+. The Hall–Kier alpha value is -0.570. The molecule has 3 nitrogen and oxygen atoms in total. The molecule has 2 rings (SSSR count). The van der Waals surface area contributed by atoms with E-state index in [9.17, 15) is 4.79 Å². The second-order valence-corrected chi connectivity index (χ2v) is 5.41. The lowest BCUT2D eigenvalue weighted by Crippen LogP contribution is -2.87. The van der Waals surface area contributed by atoms with Gasteiger partial charge in [-0.2, -0.15) is 0 Å². The van der Waals surface area contributed by atoms with Gasteiger partial charge in [-0.05, 0) is 37.0 Å². The first-order valence-electron chi connectivity index (χ1n) is 6.24. The fourth-order valence-corrected chi connectivity index (χ4v) is 3.33. The van der Waals surface area contributed by atoms with Gasteiger partial charge >= 0.3 is 5.97 Å². The molecular weight excluding hydrogens is 190 g/mol. The average Bonchev–Trinajstić information content (AvgIpc) is 2.23. The lowest BCUT2D eigenvalue weighted by Gasteiger charge is -2.41. The summed E-state index contributed by atoms with van der Waals surface area (Å²) in [4.78, 5) is 10.6. The van der Waals surface area contributed by atoms with E-state index in [-0.39, 0.29) is 0 Å². The molecule has 2 fully saturated rings. The summed E-state index contributed by atoms with van der Waals surface area (Å²) in [5, 5.41) is 11.2. The summed E-state index contributed by atoms with van der Waals surface area (Å²) in [6.45, 7) is 2.56. The Morgan fingerprint density at radius 1 is 1.20 bits per heavy atom. The van der Waals surface area contributed by atoms with Crippen molar-refractivity contribution in [2.75, 3.05) is 13.1 Å². The molecule has 2 aliphatic rings. The molecule has 15 heavy (non-hydrogen) atoms. The Kier molecular flexibility index (Phi) is 3.29. The standard InChI is InChI=1S/C12H21NO2/c14-11(15)9-10-1-3-12(4-2-10)5-7-13-8-6-12/h10,13H,1-9H2,(H,14,15)/p+1. The van der Waals surface area contributed by atoms with E-state index in [1.165, 1.54) is 38.8 Å². The highest BCUT2D eigenvalue weighted by atomic mass is 16.4. The van der Waals surface area contributed by atoms with Gasteiger partial charge in [0.2, 0.25) is 0 Å². The van der Waals surface area contributed by atoms with Crippen LogP contribution in [0.3, 0.4) is 0 Å². The lowest BCUT2D eigenvalue weighted by molar-refractivity contribution is -0.668.